The van der Waals surface area contributed by atoms with Gasteiger partial charge in [0.2, 0.25) is 0 Å². The molecule has 1 aromatic carbocycles. The third kappa shape index (κ3) is 4.11. The summed E-state index contributed by atoms with van der Waals surface area (Å²) >= 11 is 0. The second kappa shape index (κ2) is 6.74. The molecule has 1 aromatic rings. The molecule has 1 aliphatic heterocycles. The molecule has 0 spiro atoms. The van der Waals surface area contributed by atoms with E-state index < -0.39 is 6.10 Å². The van der Waals surface area contributed by atoms with E-state index in [0.717, 1.165) is 31.7 Å². The highest BCUT2D eigenvalue weighted by molar-refractivity contribution is 5.17. The number of hydrogen-bond donors (Lipinski definition) is 2. The first kappa shape index (κ1) is 12.6. The third-order valence-corrected chi connectivity index (χ3v) is 3.28. The maximum atomic E-state index is 9.93. The van der Waals surface area contributed by atoms with Crippen LogP contribution in [-0.4, -0.2) is 31.4 Å². The van der Waals surface area contributed by atoms with Gasteiger partial charge >= 0.3 is 0 Å². The largest absolute Gasteiger partial charge is 0.387 e. The Morgan fingerprint density at radius 2 is 2.18 bits per heavy atom. The Bertz CT molecular complexity index is 309. The Balaban J connectivity index is 1.61. The Kier molecular flexibility index (Phi) is 4.98. The summed E-state index contributed by atoms with van der Waals surface area (Å²) in [6.45, 7) is 3.40. The number of hydrogen-bond acceptors (Lipinski definition) is 3. The van der Waals surface area contributed by atoms with Gasteiger partial charge in [-0.05, 0) is 30.9 Å². The van der Waals surface area contributed by atoms with Crippen molar-refractivity contribution < 1.29 is 9.84 Å². The zero-order valence-corrected chi connectivity index (χ0v) is 10.1. The molecule has 0 bridgehead atoms. The predicted molar refractivity (Wildman–Crippen MR) is 67.8 cm³/mol. The SMILES string of the molecule is OC(CNCCC1CCOC1)c1ccccc1. The van der Waals surface area contributed by atoms with Gasteiger partial charge in [0.25, 0.3) is 0 Å². The molecule has 0 aromatic heterocycles. The molecule has 0 radical (unpaired) electrons. The summed E-state index contributed by atoms with van der Waals surface area (Å²) < 4.78 is 5.33. The number of aliphatic hydroxyl groups is 1. The second-order valence-corrected chi connectivity index (χ2v) is 4.65. The van der Waals surface area contributed by atoms with Gasteiger partial charge in [0.1, 0.15) is 0 Å². The molecule has 3 nitrogen and oxygen atoms in total. The highest BCUT2D eigenvalue weighted by atomic mass is 16.5. The Morgan fingerprint density at radius 3 is 2.88 bits per heavy atom. The molecule has 0 saturated carbocycles. The fourth-order valence-electron chi connectivity index (χ4n) is 2.15. The fraction of sp³-hybridized carbons (Fsp3) is 0.571. The summed E-state index contributed by atoms with van der Waals surface area (Å²) in [5, 5.41) is 13.2. The van der Waals surface area contributed by atoms with Crippen LogP contribution in [0.15, 0.2) is 30.3 Å². The van der Waals surface area contributed by atoms with E-state index in [4.69, 9.17) is 4.74 Å². The van der Waals surface area contributed by atoms with Gasteiger partial charge in [0, 0.05) is 19.8 Å². The molecule has 0 amide bonds. The van der Waals surface area contributed by atoms with E-state index in [2.05, 4.69) is 5.32 Å². The van der Waals surface area contributed by atoms with Crippen LogP contribution in [0.1, 0.15) is 24.5 Å². The molecule has 94 valence electrons. The topological polar surface area (TPSA) is 41.5 Å². The summed E-state index contributed by atoms with van der Waals surface area (Å²) in [6, 6.07) is 9.78. The highest BCUT2D eigenvalue weighted by Gasteiger charge is 2.14. The third-order valence-electron chi connectivity index (χ3n) is 3.28. The lowest BCUT2D eigenvalue weighted by Crippen LogP contribution is -2.24. The summed E-state index contributed by atoms with van der Waals surface area (Å²) in [4.78, 5) is 0. The predicted octanol–water partition coefficient (Wildman–Crippen LogP) is 1.74. The number of nitrogens with one attached hydrogen (secondary N) is 1. The molecular weight excluding hydrogens is 214 g/mol. The van der Waals surface area contributed by atoms with Crippen LogP contribution in [0.3, 0.4) is 0 Å². The van der Waals surface area contributed by atoms with Gasteiger partial charge in [-0.15, -0.1) is 0 Å². The van der Waals surface area contributed by atoms with E-state index in [9.17, 15) is 5.11 Å². The van der Waals surface area contributed by atoms with Crippen molar-refractivity contribution in [2.75, 3.05) is 26.3 Å². The van der Waals surface area contributed by atoms with E-state index in [1.54, 1.807) is 0 Å². The number of rotatable bonds is 6. The molecule has 2 N–H and O–H groups in total. The monoisotopic (exact) mass is 235 g/mol. The van der Waals surface area contributed by atoms with Crippen LogP contribution in [-0.2, 0) is 4.74 Å². The minimum absolute atomic E-state index is 0.406. The Labute approximate surface area is 103 Å². The van der Waals surface area contributed by atoms with Crippen molar-refractivity contribution in [3.05, 3.63) is 35.9 Å². The van der Waals surface area contributed by atoms with Crippen molar-refractivity contribution in [3.63, 3.8) is 0 Å². The van der Waals surface area contributed by atoms with Crippen molar-refractivity contribution in [3.8, 4) is 0 Å². The van der Waals surface area contributed by atoms with Crippen LogP contribution < -0.4 is 5.32 Å². The van der Waals surface area contributed by atoms with Gasteiger partial charge < -0.3 is 15.2 Å². The summed E-state index contributed by atoms with van der Waals surface area (Å²) in [5.74, 6) is 0.705. The first-order valence-electron chi connectivity index (χ1n) is 6.38. The van der Waals surface area contributed by atoms with Crippen LogP contribution >= 0.6 is 0 Å². The molecule has 1 saturated heterocycles. The van der Waals surface area contributed by atoms with Crippen LogP contribution in [0, 0.1) is 5.92 Å². The average molecular weight is 235 g/mol. The quantitative estimate of drug-likeness (QED) is 0.738. The molecular formula is C14H21NO2. The van der Waals surface area contributed by atoms with Crippen molar-refractivity contribution >= 4 is 0 Å². The average Bonchev–Trinajstić information content (AvgIpc) is 2.88. The van der Waals surface area contributed by atoms with E-state index >= 15 is 0 Å². The molecule has 2 unspecified atom stereocenters. The number of benzene rings is 1. The number of aliphatic hydroxyl groups excluding tert-OH is 1. The molecule has 1 fully saturated rings. The lowest BCUT2D eigenvalue weighted by Gasteiger charge is -2.13. The highest BCUT2D eigenvalue weighted by Crippen LogP contribution is 2.15. The molecule has 0 aliphatic carbocycles. The van der Waals surface area contributed by atoms with Crippen LogP contribution in [0.25, 0.3) is 0 Å². The minimum atomic E-state index is -0.406. The maximum Gasteiger partial charge on any atom is 0.0914 e. The Morgan fingerprint density at radius 1 is 1.35 bits per heavy atom. The minimum Gasteiger partial charge on any atom is -0.387 e. The van der Waals surface area contributed by atoms with Gasteiger partial charge in [-0.25, -0.2) is 0 Å². The zero-order chi connectivity index (χ0) is 11.9. The molecule has 2 atom stereocenters. The standard InChI is InChI=1S/C14H21NO2/c16-14(13-4-2-1-3-5-13)10-15-8-6-12-7-9-17-11-12/h1-5,12,14-16H,6-11H2. The summed E-state index contributed by atoms with van der Waals surface area (Å²) in [6.07, 6.45) is 1.92. The van der Waals surface area contributed by atoms with Gasteiger partial charge in [-0.3, -0.25) is 0 Å². The normalized spacial score (nSPS) is 21.6. The van der Waals surface area contributed by atoms with E-state index in [-0.39, 0.29) is 0 Å². The van der Waals surface area contributed by atoms with Crippen LogP contribution in [0.2, 0.25) is 0 Å². The van der Waals surface area contributed by atoms with Gasteiger partial charge in [0.05, 0.1) is 6.10 Å². The Hall–Kier alpha value is -0.900. The van der Waals surface area contributed by atoms with E-state index in [0.29, 0.717) is 12.5 Å². The van der Waals surface area contributed by atoms with Crippen molar-refractivity contribution in [1.29, 1.82) is 0 Å². The summed E-state index contributed by atoms with van der Waals surface area (Å²) in [5.41, 5.74) is 0.976. The van der Waals surface area contributed by atoms with E-state index in [1.807, 2.05) is 30.3 Å². The van der Waals surface area contributed by atoms with Crippen LogP contribution in [0.4, 0.5) is 0 Å². The second-order valence-electron chi connectivity index (χ2n) is 4.65. The van der Waals surface area contributed by atoms with Crippen molar-refractivity contribution in [2.45, 2.75) is 18.9 Å². The van der Waals surface area contributed by atoms with Crippen molar-refractivity contribution in [2.24, 2.45) is 5.92 Å². The van der Waals surface area contributed by atoms with E-state index in [1.165, 1.54) is 6.42 Å². The molecule has 17 heavy (non-hydrogen) atoms. The summed E-state index contributed by atoms with van der Waals surface area (Å²) in [7, 11) is 0. The van der Waals surface area contributed by atoms with Crippen LogP contribution in [0.5, 0.6) is 0 Å². The zero-order valence-electron chi connectivity index (χ0n) is 10.1. The van der Waals surface area contributed by atoms with Gasteiger partial charge in [-0.2, -0.15) is 0 Å². The lowest BCUT2D eigenvalue weighted by molar-refractivity contribution is 0.171. The molecule has 1 aliphatic rings. The molecule has 3 heteroatoms. The smallest absolute Gasteiger partial charge is 0.0914 e. The number of ether oxygens (including phenoxy) is 1. The lowest BCUT2D eigenvalue weighted by atomic mass is 10.1. The fourth-order valence-corrected chi connectivity index (χ4v) is 2.15. The maximum absolute atomic E-state index is 9.93. The first-order chi connectivity index (χ1) is 8.36. The first-order valence-corrected chi connectivity index (χ1v) is 6.38. The van der Waals surface area contributed by atoms with Gasteiger partial charge in [-0.1, -0.05) is 30.3 Å². The van der Waals surface area contributed by atoms with Crippen molar-refractivity contribution in [1.82, 2.24) is 5.32 Å². The molecule has 2 rings (SSSR count). The molecule has 1 heterocycles. The van der Waals surface area contributed by atoms with Gasteiger partial charge in [0.15, 0.2) is 0 Å².